The molecular formula is C18H19BrN2O5S. The molecule has 144 valence electrons. The molecule has 1 N–H and O–H groups in total. The average molecular weight is 455 g/mol. The second-order valence-electron chi connectivity index (χ2n) is 6.48. The molecule has 9 heteroatoms. The molecule has 2 heterocycles. The summed E-state index contributed by atoms with van der Waals surface area (Å²) in [6, 6.07) is 2.92. The van der Waals surface area contributed by atoms with Crippen LogP contribution in [0.1, 0.15) is 37.7 Å². The Kier molecular flexibility index (Phi) is 4.94. The summed E-state index contributed by atoms with van der Waals surface area (Å²) >= 11 is 3.36. The third-order valence-corrected chi connectivity index (χ3v) is 7.89. The summed E-state index contributed by atoms with van der Waals surface area (Å²) in [7, 11) is -4.17. The number of aromatic amines is 1. The summed E-state index contributed by atoms with van der Waals surface area (Å²) < 4.78 is 32.7. The van der Waals surface area contributed by atoms with Gasteiger partial charge in [0.2, 0.25) is 10.0 Å². The largest absolute Gasteiger partial charge is 0.461 e. The number of allylic oxidation sites excluding steroid dienone is 3. The van der Waals surface area contributed by atoms with Gasteiger partial charge in [-0.1, -0.05) is 22.0 Å². The van der Waals surface area contributed by atoms with Crippen LogP contribution in [0.3, 0.4) is 0 Å². The highest BCUT2D eigenvalue weighted by Gasteiger charge is 2.45. The minimum absolute atomic E-state index is 0.0860. The van der Waals surface area contributed by atoms with Gasteiger partial charge in [-0.05, 0) is 51.0 Å². The van der Waals surface area contributed by atoms with Crippen LogP contribution < -0.4 is 5.56 Å². The van der Waals surface area contributed by atoms with Crippen molar-refractivity contribution in [3.63, 3.8) is 0 Å². The first-order valence-corrected chi connectivity index (χ1v) is 10.6. The standard InChI is InChI=1S/C18H19BrN2O5S/c1-4-26-17(23)14-10-12-6-8-20-16(22)15(12)21(14)27(24,25)18(3)7-5-13(19)9-11(18)2/h5-6,8-10H,4,7H2,1-3H3,(H,20,22). The molecule has 0 aromatic carbocycles. The van der Waals surface area contributed by atoms with Crippen LogP contribution in [0.4, 0.5) is 0 Å². The molecule has 2 aromatic rings. The quantitative estimate of drug-likeness (QED) is 0.715. The van der Waals surface area contributed by atoms with Crippen molar-refractivity contribution < 1.29 is 17.9 Å². The van der Waals surface area contributed by atoms with E-state index in [1.165, 1.54) is 12.3 Å². The number of fused-ring (bicyclic) bond motifs is 1. The molecule has 0 saturated heterocycles. The van der Waals surface area contributed by atoms with Crippen molar-refractivity contribution in [3.05, 3.63) is 56.6 Å². The smallest absolute Gasteiger partial charge is 0.356 e. The highest BCUT2D eigenvalue weighted by Crippen LogP contribution is 2.39. The number of aromatic nitrogens is 2. The number of pyridine rings is 1. The van der Waals surface area contributed by atoms with Crippen LogP contribution in [0.2, 0.25) is 0 Å². The zero-order valence-electron chi connectivity index (χ0n) is 15.1. The number of H-pyrrole nitrogens is 1. The van der Waals surface area contributed by atoms with Gasteiger partial charge in [-0.3, -0.25) is 4.79 Å². The molecule has 0 bridgehead atoms. The predicted molar refractivity (Wildman–Crippen MR) is 107 cm³/mol. The minimum Gasteiger partial charge on any atom is -0.461 e. The summed E-state index contributed by atoms with van der Waals surface area (Å²) in [6.07, 6.45) is 5.08. The number of hydrogen-bond donors (Lipinski definition) is 1. The van der Waals surface area contributed by atoms with Gasteiger partial charge in [0.25, 0.3) is 5.56 Å². The van der Waals surface area contributed by atoms with Gasteiger partial charge in [0, 0.05) is 16.1 Å². The van der Waals surface area contributed by atoms with E-state index in [0.29, 0.717) is 11.0 Å². The van der Waals surface area contributed by atoms with E-state index in [2.05, 4.69) is 20.9 Å². The SMILES string of the molecule is CCOC(=O)c1cc2cc[nH]c(=O)c2n1S(=O)(=O)C1(C)CC=C(Br)C=C1C. The van der Waals surface area contributed by atoms with Crippen LogP contribution in [0, 0.1) is 0 Å². The van der Waals surface area contributed by atoms with Crippen molar-refractivity contribution in [1.82, 2.24) is 8.96 Å². The van der Waals surface area contributed by atoms with Crippen molar-refractivity contribution >= 4 is 42.8 Å². The molecule has 1 aliphatic carbocycles. The molecule has 0 saturated carbocycles. The maximum absolute atomic E-state index is 13.7. The molecule has 1 unspecified atom stereocenters. The fourth-order valence-corrected chi connectivity index (χ4v) is 5.60. The molecular weight excluding hydrogens is 436 g/mol. The normalized spacial score (nSPS) is 20.3. The van der Waals surface area contributed by atoms with E-state index < -0.39 is 26.3 Å². The molecule has 2 aromatic heterocycles. The van der Waals surface area contributed by atoms with Gasteiger partial charge in [0.15, 0.2) is 0 Å². The summed E-state index contributed by atoms with van der Waals surface area (Å²) in [5.74, 6) is -0.797. The number of carbonyl (C=O) groups is 1. The van der Waals surface area contributed by atoms with E-state index in [1.807, 2.05) is 0 Å². The number of nitrogens with zero attached hydrogens (tertiary/aromatic N) is 1. The minimum atomic E-state index is -4.17. The molecule has 0 amide bonds. The van der Waals surface area contributed by atoms with E-state index >= 15 is 0 Å². The Morgan fingerprint density at radius 1 is 1.44 bits per heavy atom. The van der Waals surface area contributed by atoms with Crippen molar-refractivity contribution in [2.75, 3.05) is 6.61 Å². The first kappa shape index (κ1) is 19.6. The molecule has 0 radical (unpaired) electrons. The number of rotatable bonds is 4. The van der Waals surface area contributed by atoms with Crippen LogP contribution in [0.25, 0.3) is 10.9 Å². The van der Waals surface area contributed by atoms with Gasteiger partial charge >= 0.3 is 5.97 Å². The Bertz CT molecular complexity index is 1160. The van der Waals surface area contributed by atoms with Crippen molar-refractivity contribution in [2.24, 2.45) is 0 Å². The number of ether oxygens (including phenoxy) is 1. The fourth-order valence-electron chi connectivity index (χ4n) is 3.12. The van der Waals surface area contributed by atoms with E-state index in [9.17, 15) is 18.0 Å². The molecule has 0 fully saturated rings. The number of esters is 1. The first-order chi connectivity index (χ1) is 12.6. The lowest BCUT2D eigenvalue weighted by molar-refractivity contribution is 0.0518. The average Bonchev–Trinajstić information content (AvgIpc) is 3.00. The van der Waals surface area contributed by atoms with E-state index in [1.54, 1.807) is 39.0 Å². The lowest BCUT2D eigenvalue weighted by Gasteiger charge is -2.32. The number of hydrogen-bond acceptors (Lipinski definition) is 5. The van der Waals surface area contributed by atoms with Gasteiger partial charge in [0.1, 0.15) is 16.0 Å². The topological polar surface area (TPSA) is 98.2 Å². The highest BCUT2D eigenvalue weighted by molar-refractivity contribution is 9.11. The monoisotopic (exact) mass is 454 g/mol. The first-order valence-electron chi connectivity index (χ1n) is 8.33. The summed E-state index contributed by atoms with van der Waals surface area (Å²) in [4.78, 5) is 27.4. The van der Waals surface area contributed by atoms with Gasteiger partial charge in [-0.25, -0.2) is 17.2 Å². The zero-order chi connectivity index (χ0) is 20.0. The number of halogens is 1. The van der Waals surface area contributed by atoms with Crippen LogP contribution in [0.5, 0.6) is 0 Å². The summed E-state index contributed by atoms with van der Waals surface area (Å²) in [6.45, 7) is 5.01. The Morgan fingerprint density at radius 2 is 2.15 bits per heavy atom. The Hall–Kier alpha value is -2.13. The molecule has 3 rings (SSSR count). The van der Waals surface area contributed by atoms with E-state index in [4.69, 9.17) is 4.74 Å². The predicted octanol–water partition coefficient (Wildman–Crippen LogP) is 3.07. The van der Waals surface area contributed by atoms with Crippen molar-refractivity contribution in [2.45, 2.75) is 31.9 Å². The lowest BCUT2D eigenvalue weighted by atomic mass is 9.94. The Labute approximate surface area is 164 Å². The van der Waals surface area contributed by atoms with E-state index in [0.717, 1.165) is 8.45 Å². The van der Waals surface area contributed by atoms with Gasteiger partial charge in [-0.2, -0.15) is 0 Å². The Balaban J connectivity index is 2.36. The molecule has 1 atom stereocenters. The third-order valence-electron chi connectivity index (χ3n) is 4.85. The van der Waals surface area contributed by atoms with Crippen LogP contribution >= 0.6 is 15.9 Å². The van der Waals surface area contributed by atoms with Gasteiger partial charge < -0.3 is 9.72 Å². The molecule has 27 heavy (non-hydrogen) atoms. The Morgan fingerprint density at radius 3 is 2.78 bits per heavy atom. The summed E-state index contributed by atoms with van der Waals surface area (Å²) in [5, 5.41) is 0.350. The molecule has 0 spiro atoms. The number of nitrogens with one attached hydrogen (secondary N) is 1. The summed E-state index contributed by atoms with van der Waals surface area (Å²) in [5.41, 5.74) is -0.278. The molecule has 0 aliphatic heterocycles. The third kappa shape index (κ3) is 2.98. The van der Waals surface area contributed by atoms with Crippen molar-refractivity contribution in [3.8, 4) is 0 Å². The van der Waals surface area contributed by atoms with Gasteiger partial charge in [-0.15, -0.1) is 0 Å². The number of carbonyl (C=O) groups excluding carboxylic acids is 1. The zero-order valence-corrected chi connectivity index (χ0v) is 17.5. The van der Waals surface area contributed by atoms with Crippen LogP contribution in [-0.4, -0.2) is 34.7 Å². The van der Waals surface area contributed by atoms with Crippen LogP contribution in [-0.2, 0) is 14.8 Å². The van der Waals surface area contributed by atoms with Gasteiger partial charge in [0.05, 0.1) is 6.61 Å². The highest BCUT2D eigenvalue weighted by atomic mass is 79.9. The van der Waals surface area contributed by atoms with E-state index in [-0.39, 0.29) is 24.2 Å². The maximum Gasteiger partial charge on any atom is 0.356 e. The lowest BCUT2D eigenvalue weighted by Crippen LogP contribution is -2.43. The second-order valence-corrected chi connectivity index (χ2v) is 9.61. The fraction of sp³-hybridized carbons (Fsp3) is 0.333. The van der Waals surface area contributed by atoms with Crippen molar-refractivity contribution in [1.29, 1.82) is 0 Å². The second kappa shape index (κ2) is 6.79. The molecule has 7 nitrogen and oxygen atoms in total. The maximum atomic E-state index is 13.7. The molecule has 1 aliphatic rings. The van der Waals surface area contributed by atoms with Crippen LogP contribution in [0.15, 0.2) is 45.3 Å².